The fourth-order valence-corrected chi connectivity index (χ4v) is 13.1. The summed E-state index contributed by atoms with van der Waals surface area (Å²) >= 11 is 7.12. The zero-order chi connectivity index (χ0) is 30.2. The Hall–Kier alpha value is -4.89. The average Bonchev–Trinajstić information content (AvgIpc) is 3.42. The Kier molecular flexibility index (Phi) is 7.10. The van der Waals surface area contributed by atoms with Crippen LogP contribution < -0.4 is 20.5 Å². The van der Waals surface area contributed by atoms with E-state index < -0.39 is 8.07 Å². The smallest absolute Gasteiger partial charge is 0.180 e. The van der Waals surface area contributed by atoms with Crippen molar-refractivity contribution >= 4 is 57.9 Å². The molecule has 0 radical (unpaired) electrons. The highest BCUT2D eigenvalue weighted by atomic mass is 35.5. The molecule has 6 aromatic carbocycles. The lowest BCUT2D eigenvalue weighted by atomic mass is 9.85. The maximum Gasteiger partial charge on any atom is 0.180 e. The molecule has 0 amide bonds. The number of para-hydroxylation sites is 2. The lowest BCUT2D eigenvalue weighted by Gasteiger charge is -2.33. The molecular weight excluding hydrogens is 582 g/mol. The Morgan fingerprint density at radius 1 is 0.533 bits per heavy atom. The zero-order valence-corrected chi connectivity index (χ0v) is 26.6. The van der Waals surface area contributed by atoms with Gasteiger partial charge in [-0.3, -0.25) is 0 Å². The van der Waals surface area contributed by atoms with Gasteiger partial charge in [-0.1, -0.05) is 145 Å². The standard InChI is InChI=1S/C42H32ClNSi/c43-39-22-13-23-41-42(39)38-30-32(26-29-40(38)45(41,36-18-9-3-10-19-36)37-20-11-4-12-21-37)31-24-27-35(28-25-31)44(33-14-5-1-6-15-33)34-16-7-2-8-17-34/h1-29,32H,30H2. The Labute approximate surface area is 271 Å². The number of fused-ring (bicyclic) bond motifs is 2. The van der Waals surface area contributed by atoms with Crippen molar-refractivity contribution in [3.05, 3.63) is 197 Å². The Morgan fingerprint density at radius 3 is 1.60 bits per heavy atom. The highest BCUT2D eigenvalue weighted by Gasteiger charge is 2.50. The third-order valence-corrected chi connectivity index (χ3v) is 14.6. The molecule has 6 aromatic rings. The van der Waals surface area contributed by atoms with Crippen LogP contribution in [0.3, 0.4) is 0 Å². The summed E-state index contributed by atoms with van der Waals surface area (Å²) in [6.07, 6.45) is 5.81. The van der Waals surface area contributed by atoms with Crippen LogP contribution in [0.15, 0.2) is 181 Å². The molecule has 0 bridgehead atoms. The van der Waals surface area contributed by atoms with Gasteiger partial charge in [0.2, 0.25) is 0 Å². The predicted octanol–water partition coefficient (Wildman–Crippen LogP) is 9.33. The second-order valence-electron chi connectivity index (χ2n) is 11.8. The summed E-state index contributed by atoms with van der Waals surface area (Å²) in [4.78, 5) is 2.31. The third-order valence-electron chi connectivity index (χ3n) is 9.39. The van der Waals surface area contributed by atoms with E-state index in [1.807, 2.05) is 0 Å². The number of anilines is 3. The Morgan fingerprint density at radius 2 is 1.04 bits per heavy atom. The van der Waals surface area contributed by atoms with E-state index in [1.54, 1.807) is 0 Å². The van der Waals surface area contributed by atoms with Crippen LogP contribution in [0.4, 0.5) is 17.1 Å². The van der Waals surface area contributed by atoms with Gasteiger partial charge in [-0.2, -0.15) is 0 Å². The van der Waals surface area contributed by atoms with Gasteiger partial charge in [0, 0.05) is 28.0 Å². The van der Waals surface area contributed by atoms with Crippen LogP contribution in [0.1, 0.15) is 23.5 Å². The van der Waals surface area contributed by atoms with Crippen LogP contribution in [0.5, 0.6) is 0 Å². The predicted molar refractivity (Wildman–Crippen MR) is 194 cm³/mol. The van der Waals surface area contributed by atoms with Crippen molar-refractivity contribution in [2.24, 2.45) is 0 Å². The average molecular weight is 614 g/mol. The van der Waals surface area contributed by atoms with E-state index >= 15 is 0 Å². The van der Waals surface area contributed by atoms with Gasteiger partial charge < -0.3 is 4.90 Å². The van der Waals surface area contributed by atoms with Gasteiger partial charge >= 0.3 is 0 Å². The van der Waals surface area contributed by atoms with Gasteiger partial charge in [-0.25, -0.2) is 0 Å². The van der Waals surface area contributed by atoms with Crippen molar-refractivity contribution < 1.29 is 0 Å². The van der Waals surface area contributed by atoms with Crippen molar-refractivity contribution in [3.8, 4) is 0 Å². The van der Waals surface area contributed by atoms with E-state index in [-0.39, 0.29) is 5.92 Å². The van der Waals surface area contributed by atoms with Crippen molar-refractivity contribution in [3.63, 3.8) is 0 Å². The van der Waals surface area contributed by atoms with E-state index in [2.05, 4.69) is 181 Å². The lowest BCUT2D eigenvalue weighted by Crippen LogP contribution is -2.67. The van der Waals surface area contributed by atoms with E-state index in [1.165, 1.54) is 37.5 Å². The molecule has 1 atom stereocenters. The second-order valence-corrected chi connectivity index (χ2v) is 15.9. The van der Waals surface area contributed by atoms with Crippen molar-refractivity contribution in [2.45, 2.75) is 12.3 Å². The van der Waals surface area contributed by atoms with E-state index in [9.17, 15) is 0 Å². The minimum Gasteiger partial charge on any atom is -0.311 e. The van der Waals surface area contributed by atoms with E-state index in [0.29, 0.717) is 0 Å². The van der Waals surface area contributed by atoms with Gasteiger partial charge in [0.1, 0.15) is 0 Å². The molecule has 2 aliphatic rings. The van der Waals surface area contributed by atoms with Crippen LogP contribution in [0.25, 0.3) is 5.57 Å². The van der Waals surface area contributed by atoms with E-state index in [4.69, 9.17) is 11.6 Å². The van der Waals surface area contributed by atoms with Gasteiger partial charge in [0.05, 0.1) is 0 Å². The molecule has 0 aromatic heterocycles. The number of halogens is 1. The minimum atomic E-state index is -2.53. The van der Waals surface area contributed by atoms with Crippen LogP contribution in [-0.4, -0.2) is 8.07 Å². The van der Waals surface area contributed by atoms with Crippen molar-refractivity contribution in [2.75, 3.05) is 4.90 Å². The summed E-state index contributed by atoms with van der Waals surface area (Å²) in [5.41, 5.74) is 7.40. The first-order valence-corrected chi connectivity index (χ1v) is 18.0. The molecule has 1 unspecified atom stereocenters. The number of hydrogen-bond acceptors (Lipinski definition) is 1. The molecule has 0 saturated heterocycles. The van der Waals surface area contributed by atoms with Crippen LogP contribution in [0, 0.1) is 0 Å². The maximum absolute atomic E-state index is 7.12. The summed E-state index contributed by atoms with van der Waals surface area (Å²) < 4.78 is 0. The zero-order valence-electron chi connectivity index (χ0n) is 24.9. The molecule has 3 heteroatoms. The summed E-state index contributed by atoms with van der Waals surface area (Å²) in [6, 6.07) is 59.1. The number of rotatable bonds is 6. The first-order chi connectivity index (χ1) is 22.2. The van der Waals surface area contributed by atoms with Gasteiger partial charge in [0.25, 0.3) is 0 Å². The van der Waals surface area contributed by atoms with Crippen molar-refractivity contribution in [1.82, 2.24) is 0 Å². The topological polar surface area (TPSA) is 3.24 Å². The summed E-state index contributed by atoms with van der Waals surface area (Å²) in [5, 5.41) is 6.53. The minimum absolute atomic E-state index is 0.264. The van der Waals surface area contributed by atoms with E-state index in [0.717, 1.165) is 28.5 Å². The molecule has 0 fully saturated rings. The molecule has 45 heavy (non-hydrogen) atoms. The molecule has 0 saturated carbocycles. The van der Waals surface area contributed by atoms with Crippen molar-refractivity contribution in [1.29, 1.82) is 0 Å². The van der Waals surface area contributed by atoms with Gasteiger partial charge in [-0.15, -0.1) is 0 Å². The molecule has 1 aliphatic heterocycles. The third kappa shape index (κ3) is 4.61. The SMILES string of the molecule is Clc1cccc2c1C1=C(C=CC(c3ccc(N(c4ccccc4)c4ccccc4)cc3)C1)[Si]2(c1ccccc1)c1ccccc1. The quantitative estimate of drug-likeness (QED) is 0.169. The van der Waals surface area contributed by atoms with Gasteiger partial charge in [-0.05, 0) is 86.3 Å². The number of allylic oxidation sites excluding steroid dienone is 4. The number of hydrogen-bond donors (Lipinski definition) is 0. The number of nitrogens with zero attached hydrogens (tertiary/aromatic N) is 1. The normalized spacial score (nSPS) is 16.2. The largest absolute Gasteiger partial charge is 0.311 e. The van der Waals surface area contributed by atoms with Crippen LogP contribution in [0.2, 0.25) is 5.02 Å². The molecular formula is C42H32ClNSi. The van der Waals surface area contributed by atoms with Gasteiger partial charge in [0.15, 0.2) is 8.07 Å². The Balaban J connectivity index is 1.21. The molecule has 1 aliphatic carbocycles. The van der Waals surface area contributed by atoms with Crippen LogP contribution in [-0.2, 0) is 0 Å². The summed E-state index contributed by atoms with van der Waals surface area (Å²) in [7, 11) is -2.53. The molecule has 8 rings (SSSR count). The molecule has 0 N–H and O–H groups in total. The molecule has 0 spiro atoms. The highest BCUT2D eigenvalue weighted by molar-refractivity contribution is 7.18. The highest BCUT2D eigenvalue weighted by Crippen LogP contribution is 2.46. The second kappa shape index (κ2) is 11.6. The fourth-order valence-electron chi connectivity index (χ4n) is 7.45. The first-order valence-electron chi connectivity index (χ1n) is 15.6. The summed E-state index contributed by atoms with van der Waals surface area (Å²) in [5.74, 6) is 0.264. The first kappa shape index (κ1) is 27.6. The summed E-state index contributed by atoms with van der Waals surface area (Å²) in [6.45, 7) is 0. The molecule has 1 heterocycles. The molecule has 216 valence electrons. The van der Waals surface area contributed by atoms with Crippen LogP contribution >= 0.6 is 11.6 Å². The Bertz CT molecular complexity index is 1940. The fraction of sp³-hybridized carbons (Fsp3) is 0.0476. The lowest BCUT2D eigenvalue weighted by molar-refractivity contribution is 0.867. The monoisotopic (exact) mass is 613 g/mol. The maximum atomic E-state index is 7.12. The molecule has 1 nitrogen and oxygen atoms in total. The number of benzene rings is 6.